The normalized spacial score (nSPS) is 14.9. The molecule has 3 atom stereocenters. The van der Waals surface area contributed by atoms with Crippen molar-refractivity contribution in [2.75, 3.05) is 13.2 Å². The highest BCUT2D eigenvalue weighted by Gasteiger charge is 2.28. The molecule has 8 nitrogen and oxygen atoms in total. The van der Waals surface area contributed by atoms with Gasteiger partial charge in [-0.2, -0.15) is 0 Å². The summed E-state index contributed by atoms with van der Waals surface area (Å²) in [6.07, 6.45) is -4.16. The molecule has 0 heterocycles. The lowest BCUT2D eigenvalue weighted by Gasteiger charge is -2.19. The van der Waals surface area contributed by atoms with Crippen molar-refractivity contribution in [1.29, 1.82) is 0 Å². The van der Waals surface area contributed by atoms with Gasteiger partial charge in [0.25, 0.3) is 0 Å². The summed E-state index contributed by atoms with van der Waals surface area (Å²) in [6, 6.07) is 0. The van der Waals surface area contributed by atoms with Crippen LogP contribution in [0, 0.1) is 0 Å². The van der Waals surface area contributed by atoms with Gasteiger partial charge in [-0.05, 0) is 6.08 Å². The summed E-state index contributed by atoms with van der Waals surface area (Å²) in [7, 11) is 0. The van der Waals surface area contributed by atoms with Gasteiger partial charge in [-0.3, -0.25) is 9.59 Å². The van der Waals surface area contributed by atoms with E-state index in [9.17, 15) is 9.59 Å². The van der Waals surface area contributed by atoms with E-state index in [1.807, 2.05) is 0 Å². The molecule has 0 saturated carbocycles. The number of carbonyl (C=O) groups is 2. The van der Waals surface area contributed by atoms with Crippen molar-refractivity contribution in [3.8, 4) is 0 Å². The Balaban J connectivity index is 0. The lowest BCUT2D eigenvalue weighted by Crippen LogP contribution is -2.44. The minimum Gasteiger partial charge on any atom is -0.394 e. The molecule has 1 amide bonds. The average molecular weight is 251 g/mol. The first kappa shape index (κ1) is 18.1. The van der Waals surface area contributed by atoms with Crippen LogP contribution in [-0.4, -0.2) is 68.7 Å². The van der Waals surface area contributed by atoms with Gasteiger partial charge in [0.1, 0.15) is 24.9 Å². The first-order chi connectivity index (χ1) is 7.81. The van der Waals surface area contributed by atoms with E-state index < -0.39 is 43.2 Å². The van der Waals surface area contributed by atoms with E-state index in [4.69, 9.17) is 25.5 Å². The molecule has 0 aromatic rings. The van der Waals surface area contributed by atoms with Crippen molar-refractivity contribution in [2.45, 2.75) is 18.3 Å². The van der Waals surface area contributed by atoms with Crippen molar-refractivity contribution >= 4 is 11.7 Å². The molecule has 0 bridgehead atoms. The van der Waals surface area contributed by atoms with Crippen LogP contribution in [0.4, 0.5) is 0 Å². The lowest BCUT2D eigenvalue weighted by atomic mass is 10.1. The molecular weight excluding hydrogens is 234 g/mol. The molecule has 0 aliphatic rings. The van der Waals surface area contributed by atoms with E-state index in [0.717, 1.165) is 6.08 Å². The van der Waals surface area contributed by atoms with E-state index in [1.54, 1.807) is 0 Å². The van der Waals surface area contributed by atoms with E-state index in [0.29, 0.717) is 0 Å². The van der Waals surface area contributed by atoms with Crippen LogP contribution in [0.25, 0.3) is 0 Å². The molecule has 0 rings (SSSR count). The highest BCUT2D eigenvalue weighted by Crippen LogP contribution is 2.00. The highest BCUT2D eigenvalue weighted by atomic mass is 16.4. The minimum atomic E-state index is -1.86. The molecule has 0 aromatic heterocycles. The zero-order valence-corrected chi connectivity index (χ0v) is 9.06. The van der Waals surface area contributed by atoms with E-state index in [1.165, 1.54) is 0 Å². The molecule has 0 aromatic carbocycles. The molecule has 0 aliphatic carbocycles. The predicted octanol–water partition coefficient (Wildman–Crippen LogP) is -3.72. The Kier molecular flexibility index (Phi) is 10.5. The van der Waals surface area contributed by atoms with Crippen LogP contribution in [-0.2, 0) is 9.59 Å². The van der Waals surface area contributed by atoms with Crippen LogP contribution in [0.1, 0.15) is 0 Å². The molecule has 0 radical (unpaired) electrons. The van der Waals surface area contributed by atoms with Gasteiger partial charge in [0.2, 0.25) is 5.91 Å². The Labute approximate surface area is 97.6 Å². The molecule has 7 N–H and O–H groups in total. The SMILES string of the molecule is C=CC(N)=O.O=C(CO)[C@@H](O)[C@@H](O)[C@H](O)CO. The quantitative estimate of drug-likeness (QED) is 0.264. The largest absolute Gasteiger partial charge is 0.394 e. The number of rotatable bonds is 6. The number of aliphatic hydroxyl groups excluding tert-OH is 5. The van der Waals surface area contributed by atoms with E-state index >= 15 is 0 Å². The van der Waals surface area contributed by atoms with Crippen molar-refractivity contribution in [3.05, 3.63) is 12.7 Å². The maximum Gasteiger partial charge on any atom is 0.240 e. The number of amides is 1. The summed E-state index contributed by atoms with van der Waals surface area (Å²) in [5.74, 6) is -1.49. The number of ketones is 1. The van der Waals surface area contributed by atoms with Crippen LogP contribution >= 0.6 is 0 Å². The summed E-state index contributed by atoms with van der Waals surface area (Å²) in [5, 5.41) is 43.1. The topological polar surface area (TPSA) is 161 Å². The van der Waals surface area contributed by atoms with Crippen molar-refractivity contribution in [1.82, 2.24) is 0 Å². The summed E-state index contributed by atoms with van der Waals surface area (Å²) < 4.78 is 0. The second-order valence-corrected chi connectivity index (χ2v) is 2.92. The van der Waals surface area contributed by atoms with Gasteiger partial charge in [0.15, 0.2) is 5.78 Å². The van der Waals surface area contributed by atoms with E-state index in [-0.39, 0.29) is 0 Å². The maximum atomic E-state index is 10.5. The van der Waals surface area contributed by atoms with E-state index in [2.05, 4.69) is 12.3 Å². The van der Waals surface area contributed by atoms with Crippen molar-refractivity contribution in [2.24, 2.45) is 5.73 Å². The standard InChI is InChI=1S/C6H12O6.C3H5NO/c7-1-3(9)5(11)6(12)4(10)2-8;1-2-3(4)5/h3,5-9,11-12H,1-2H2;2H,1H2,(H2,4,5)/t3-,5+,6-;/m1./s1. The summed E-state index contributed by atoms with van der Waals surface area (Å²) in [5.41, 5.74) is 4.53. The van der Waals surface area contributed by atoms with Crippen molar-refractivity contribution in [3.63, 3.8) is 0 Å². The van der Waals surface area contributed by atoms with Gasteiger partial charge in [0, 0.05) is 0 Å². The molecule has 0 saturated heterocycles. The molecule has 8 heteroatoms. The lowest BCUT2D eigenvalue weighted by molar-refractivity contribution is -0.142. The number of hydrogen-bond acceptors (Lipinski definition) is 7. The number of Topliss-reactive ketones (excluding diaryl/α,β-unsaturated/α-hetero) is 1. The number of nitrogens with two attached hydrogens (primary N) is 1. The molecule has 17 heavy (non-hydrogen) atoms. The highest BCUT2D eigenvalue weighted by molar-refractivity contribution is 5.85. The van der Waals surface area contributed by atoms with Gasteiger partial charge < -0.3 is 31.3 Å². The summed E-state index contributed by atoms with van der Waals surface area (Å²) in [4.78, 5) is 20.0. The molecule has 0 aliphatic heterocycles. The fraction of sp³-hybridized carbons (Fsp3) is 0.556. The second kappa shape index (κ2) is 9.87. The predicted molar refractivity (Wildman–Crippen MR) is 56.6 cm³/mol. The maximum absolute atomic E-state index is 10.5. The fourth-order valence-corrected chi connectivity index (χ4v) is 0.602. The average Bonchev–Trinajstić information content (AvgIpc) is 2.35. The van der Waals surface area contributed by atoms with Crippen LogP contribution in [0.5, 0.6) is 0 Å². The van der Waals surface area contributed by atoms with Crippen LogP contribution in [0.15, 0.2) is 12.7 Å². The van der Waals surface area contributed by atoms with Crippen molar-refractivity contribution < 1.29 is 35.1 Å². The summed E-state index contributed by atoms with van der Waals surface area (Å²) in [6.45, 7) is 1.40. The Morgan fingerprint density at radius 1 is 1.24 bits per heavy atom. The monoisotopic (exact) mass is 251 g/mol. The van der Waals surface area contributed by atoms with Crippen LogP contribution in [0.2, 0.25) is 0 Å². The first-order valence-electron chi connectivity index (χ1n) is 4.52. The Morgan fingerprint density at radius 2 is 1.65 bits per heavy atom. The number of hydrogen-bond donors (Lipinski definition) is 6. The Bertz CT molecular complexity index is 256. The van der Waals surface area contributed by atoms with Crippen LogP contribution < -0.4 is 5.73 Å². The third-order valence-electron chi connectivity index (χ3n) is 1.59. The minimum absolute atomic E-state index is 0.481. The summed E-state index contributed by atoms with van der Waals surface area (Å²) >= 11 is 0. The smallest absolute Gasteiger partial charge is 0.240 e. The number of primary amides is 1. The molecular formula is C9H17NO7. The Morgan fingerprint density at radius 3 is 1.88 bits per heavy atom. The Hall–Kier alpha value is -1.32. The molecule has 0 fully saturated rings. The number of carbonyl (C=O) groups excluding carboxylic acids is 2. The van der Waals surface area contributed by atoms with Crippen LogP contribution in [0.3, 0.4) is 0 Å². The first-order valence-corrected chi connectivity index (χ1v) is 4.52. The van der Waals surface area contributed by atoms with Gasteiger partial charge in [-0.15, -0.1) is 0 Å². The molecule has 0 spiro atoms. The molecule has 0 unspecified atom stereocenters. The number of aliphatic hydroxyl groups is 5. The fourth-order valence-electron chi connectivity index (χ4n) is 0.602. The third kappa shape index (κ3) is 8.48. The second-order valence-electron chi connectivity index (χ2n) is 2.92. The van der Waals surface area contributed by atoms with Gasteiger partial charge >= 0.3 is 0 Å². The van der Waals surface area contributed by atoms with Gasteiger partial charge in [-0.25, -0.2) is 0 Å². The van der Waals surface area contributed by atoms with Gasteiger partial charge in [-0.1, -0.05) is 6.58 Å². The zero-order chi connectivity index (χ0) is 14.0. The third-order valence-corrected chi connectivity index (χ3v) is 1.59. The molecule has 100 valence electrons. The van der Waals surface area contributed by atoms with Gasteiger partial charge in [0.05, 0.1) is 6.61 Å². The zero-order valence-electron chi connectivity index (χ0n) is 9.06.